The van der Waals surface area contributed by atoms with Crippen molar-refractivity contribution < 1.29 is 4.79 Å². The number of hydrogen-bond donors (Lipinski definition) is 0. The van der Waals surface area contributed by atoms with Crippen molar-refractivity contribution >= 4 is 5.91 Å². The Morgan fingerprint density at radius 3 is 2.15 bits per heavy atom. The van der Waals surface area contributed by atoms with Gasteiger partial charge in [0.2, 0.25) is 5.91 Å². The van der Waals surface area contributed by atoms with E-state index >= 15 is 0 Å². The van der Waals surface area contributed by atoms with Crippen molar-refractivity contribution in [2.24, 2.45) is 11.8 Å². The second kappa shape index (κ2) is 6.46. The summed E-state index contributed by atoms with van der Waals surface area (Å²) in [4.78, 5) is 16.9. The minimum atomic E-state index is 0.394. The molecule has 2 saturated carbocycles. The molecule has 1 amide bonds. The van der Waals surface area contributed by atoms with Gasteiger partial charge in [0.1, 0.15) is 0 Å². The summed E-state index contributed by atoms with van der Waals surface area (Å²) in [5, 5.41) is 0. The van der Waals surface area contributed by atoms with Gasteiger partial charge in [-0.2, -0.15) is 0 Å². The Morgan fingerprint density at radius 2 is 1.60 bits per heavy atom. The number of nitrogens with zero attached hydrogens (tertiary/aromatic N) is 2. The Labute approximate surface area is 123 Å². The van der Waals surface area contributed by atoms with Crippen LogP contribution in [0.5, 0.6) is 0 Å². The fraction of sp³-hybridized carbons (Fsp3) is 0.941. The lowest BCUT2D eigenvalue weighted by Gasteiger charge is -2.42. The highest BCUT2D eigenvalue weighted by Crippen LogP contribution is 2.33. The zero-order valence-electron chi connectivity index (χ0n) is 13.0. The van der Waals surface area contributed by atoms with Gasteiger partial charge in [-0.15, -0.1) is 0 Å². The van der Waals surface area contributed by atoms with Crippen molar-refractivity contribution in [3.8, 4) is 0 Å². The van der Waals surface area contributed by atoms with Crippen LogP contribution in [-0.2, 0) is 4.79 Å². The van der Waals surface area contributed by atoms with Gasteiger partial charge in [0.25, 0.3) is 0 Å². The SMILES string of the molecule is CCC[C@H]1CC[C@H](N2CCN(C(=O)C3CC3)CC2)CC1. The lowest BCUT2D eigenvalue weighted by atomic mass is 9.83. The lowest BCUT2D eigenvalue weighted by Crippen LogP contribution is -2.52. The largest absolute Gasteiger partial charge is 0.340 e. The van der Waals surface area contributed by atoms with Crippen molar-refractivity contribution in [1.82, 2.24) is 9.80 Å². The van der Waals surface area contributed by atoms with Gasteiger partial charge >= 0.3 is 0 Å². The van der Waals surface area contributed by atoms with Crippen LogP contribution in [0.15, 0.2) is 0 Å². The topological polar surface area (TPSA) is 23.6 Å². The van der Waals surface area contributed by atoms with Gasteiger partial charge in [-0.1, -0.05) is 19.8 Å². The van der Waals surface area contributed by atoms with E-state index in [9.17, 15) is 4.79 Å². The minimum absolute atomic E-state index is 0.394. The van der Waals surface area contributed by atoms with Gasteiger partial charge in [0.05, 0.1) is 0 Å². The number of amides is 1. The molecular weight excluding hydrogens is 248 g/mol. The lowest BCUT2D eigenvalue weighted by molar-refractivity contribution is -0.134. The standard InChI is InChI=1S/C17H30N2O/c1-2-3-14-4-8-16(9-5-14)18-10-12-19(13-11-18)17(20)15-6-7-15/h14-16H,2-13H2,1H3/t14-,16-. The fourth-order valence-electron chi connectivity index (χ4n) is 4.10. The van der Waals surface area contributed by atoms with Crippen LogP contribution < -0.4 is 0 Å². The first-order valence-electron chi connectivity index (χ1n) is 8.80. The molecule has 0 aromatic rings. The first-order valence-corrected chi connectivity index (χ1v) is 8.80. The zero-order chi connectivity index (χ0) is 13.9. The summed E-state index contributed by atoms with van der Waals surface area (Å²) in [6.07, 6.45) is 10.7. The fourth-order valence-corrected chi connectivity index (χ4v) is 4.10. The van der Waals surface area contributed by atoms with Gasteiger partial charge in [-0.05, 0) is 44.4 Å². The van der Waals surface area contributed by atoms with Crippen LogP contribution >= 0.6 is 0 Å². The molecule has 0 atom stereocenters. The minimum Gasteiger partial charge on any atom is -0.340 e. The van der Waals surface area contributed by atoms with Crippen molar-refractivity contribution in [2.75, 3.05) is 26.2 Å². The maximum Gasteiger partial charge on any atom is 0.225 e. The molecule has 0 aromatic heterocycles. The number of piperazine rings is 1. The van der Waals surface area contributed by atoms with Crippen molar-refractivity contribution in [3.05, 3.63) is 0 Å². The Bertz CT molecular complexity index is 324. The Kier molecular flexibility index (Phi) is 4.65. The second-order valence-electron chi connectivity index (χ2n) is 7.10. The Hall–Kier alpha value is -0.570. The third-order valence-corrected chi connectivity index (χ3v) is 5.58. The molecule has 0 radical (unpaired) electrons. The molecule has 1 saturated heterocycles. The molecule has 3 nitrogen and oxygen atoms in total. The Balaban J connectivity index is 1.41. The molecule has 0 bridgehead atoms. The highest BCUT2D eigenvalue weighted by atomic mass is 16.2. The van der Waals surface area contributed by atoms with Crippen molar-refractivity contribution in [1.29, 1.82) is 0 Å². The summed E-state index contributed by atoms with van der Waals surface area (Å²) < 4.78 is 0. The third-order valence-electron chi connectivity index (χ3n) is 5.58. The molecule has 3 fully saturated rings. The quantitative estimate of drug-likeness (QED) is 0.789. The summed E-state index contributed by atoms with van der Waals surface area (Å²) in [7, 11) is 0. The van der Waals surface area contributed by atoms with E-state index in [1.807, 2.05) is 0 Å². The monoisotopic (exact) mass is 278 g/mol. The first-order chi connectivity index (χ1) is 9.78. The first kappa shape index (κ1) is 14.4. The van der Waals surface area contributed by atoms with Gasteiger partial charge in [-0.3, -0.25) is 9.69 Å². The summed E-state index contributed by atoms with van der Waals surface area (Å²) in [5.41, 5.74) is 0. The molecule has 3 aliphatic rings. The molecule has 0 aromatic carbocycles. The molecule has 1 heterocycles. The average molecular weight is 278 g/mol. The molecule has 3 heteroatoms. The molecule has 3 rings (SSSR count). The van der Waals surface area contributed by atoms with Gasteiger partial charge in [-0.25, -0.2) is 0 Å². The highest BCUT2D eigenvalue weighted by molar-refractivity contribution is 5.81. The smallest absolute Gasteiger partial charge is 0.225 e. The van der Waals surface area contributed by atoms with E-state index in [1.54, 1.807) is 0 Å². The number of hydrogen-bond acceptors (Lipinski definition) is 2. The molecule has 0 N–H and O–H groups in total. The van der Waals surface area contributed by atoms with E-state index in [4.69, 9.17) is 0 Å². The van der Waals surface area contributed by atoms with Gasteiger partial charge in [0.15, 0.2) is 0 Å². The third kappa shape index (κ3) is 3.36. The van der Waals surface area contributed by atoms with Crippen molar-refractivity contribution in [2.45, 2.75) is 64.3 Å². The van der Waals surface area contributed by atoms with E-state index in [0.29, 0.717) is 11.8 Å². The van der Waals surface area contributed by atoms with Gasteiger partial charge in [0, 0.05) is 38.1 Å². The molecule has 0 spiro atoms. The van der Waals surface area contributed by atoms with E-state index in [2.05, 4.69) is 16.7 Å². The summed E-state index contributed by atoms with van der Waals surface area (Å²) in [5.74, 6) is 1.83. The van der Waals surface area contributed by atoms with Crippen LogP contribution in [0, 0.1) is 11.8 Å². The van der Waals surface area contributed by atoms with Crippen molar-refractivity contribution in [3.63, 3.8) is 0 Å². The van der Waals surface area contributed by atoms with Crippen LogP contribution in [0.4, 0.5) is 0 Å². The van der Waals surface area contributed by atoms with E-state index < -0.39 is 0 Å². The Morgan fingerprint density at radius 1 is 0.950 bits per heavy atom. The molecule has 20 heavy (non-hydrogen) atoms. The van der Waals surface area contributed by atoms with Crippen LogP contribution in [-0.4, -0.2) is 47.9 Å². The number of carbonyl (C=O) groups is 1. The summed E-state index contributed by atoms with van der Waals surface area (Å²) in [6, 6.07) is 0.807. The van der Waals surface area contributed by atoms with Crippen LogP contribution in [0.25, 0.3) is 0 Å². The van der Waals surface area contributed by atoms with E-state index in [0.717, 1.165) is 51.0 Å². The number of rotatable bonds is 4. The highest BCUT2D eigenvalue weighted by Gasteiger charge is 2.35. The van der Waals surface area contributed by atoms with E-state index in [-0.39, 0.29) is 0 Å². The summed E-state index contributed by atoms with van der Waals surface area (Å²) >= 11 is 0. The maximum atomic E-state index is 12.1. The van der Waals surface area contributed by atoms with E-state index in [1.165, 1.54) is 38.5 Å². The predicted octanol–water partition coefficient (Wildman–Crippen LogP) is 2.90. The molecule has 114 valence electrons. The van der Waals surface area contributed by atoms with Crippen LogP contribution in [0.2, 0.25) is 0 Å². The molecule has 2 aliphatic carbocycles. The zero-order valence-corrected chi connectivity index (χ0v) is 13.0. The van der Waals surface area contributed by atoms with Crippen LogP contribution in [0.3, 0.4) is 0 Å². The number of carbonyl (C=O) groups excluding carboxylic acids is 1. The van der Waals surface area contributed by atoms with Crippen LogP contribution in [0.1, 0.15) is 58.3 Å². The normalized spacial score (nSPS) is 32.4. The maximum absolute atomic E-state index is 12.1. The molecule has 1 aliphatic heterocycles. The predicted molar refractivity (Wildman–Crippen MR) is 81.5 cm³/mol. The van der Waals surface area contributed by atoms with Gasteiger partial charge < -0.3 is 4.90 Å². The second-order valence-corrected chi connectivity index (χ2v) is 7.10. The summed E-state index contributed by atoms with van der Waals surface area (Å²) in [6.45, 7) is 6.49. The molecule has 0 unspecified atom stereocenters. The average Bonchev–Trinajstić information content (AvgIpc) is 3.33. The molecular formula is C17H30N2O.